The van der Waals surface area contributed by atoms with Crippen LogP contribution in [-0.2, 0) is 9.53 Å². The van der Waals surface area contributed by atoms with Crippen LogP contribution in [0.3, 0.4) is 0 Å². The maximum Gasteiger partial charge on any atom is 0.232 e. The molecule has 1 amide bonds. The van der Waals surface area contributed by atoms with Crippen molar-refractivity contribution < 1.29 is 9.53 Å². The Kier molecular flexibility index (Phi) is 6.90. The van der Waals surface area contributed by atoms with Gasteiger partial charge >= 0.3 is 0 Å². The van der Waals surface area contributed by atoms with Crippen molar-refractivity contribution in [1.82, 2.24) is 4.90 Å². The van der Waals surface area contributed by atoms with E-state index in [-0.39, 0.29) is 5.91 Å². The SMILES string of the molecule is O=C(CSc1ccccc1)N1CCC(OCCBr)CC1. The molecule has 1 aliphatic heterocycles. The number of likely N-dealkylation sites (tertiary alicyclic amines) is 1. The first-order chi connectivity index (χ1) is 9.79. The summed E-state index contributed by atoms with van der Waals surface area (Å²) < 4.78 is 5.70. The van der Waals surface area contributed by atoms with Gasteiger partial charge in [-0.25, -0.2) is 0 Å². The van der Waals surface area contributed by atoms with Crippen molar-refractivity contribution in [1.29, 1.82) is 0 Å². The predicted molar refractivity (Wildman–Crippen MR) is 86.5 cm³/mol. The predicted octanol–water partition coefficient (Wildman–Crippen LogP) is 3.18. The number of rotatable bonds is 6. The molecule has 1 aromatic carbocycles. The average Bonchev–Trinajstić information content (AvgIpc) is 2.52. The highest BCUT2D eigenvalue weighted by molar-refractivity contribution is 9.09. The lowest BCUT2D eigenvalue weighted by Crippen LogP contribution is -2.41. The van der Waals surface area contributed by atoms with Crippen LogP contribution in [0.5, 0.6) is 0 Å². The van der Waals surface area contributed by atoms with Gasteiger partial charge in [-0.05, 0) is 25.0 Å². The third kappa shape index (κ3) is 5.11. The number of halogens is 1. The van der Waals surface area contributed by atoms with Crippen molar-refractivity contribution in [2.24, 2.45) is 0 Å². The minimum absolute atomic E-state index is 0.234. The van der Waals surface area contributed by atoms with Gasteiger partial charge in [0.15, 0.2) is 0 Å². The molecule has 0 aliphatic carbocycles. The molecule has 1 heterocycles. The number of alkyl halides is 1. The molecule has 110 valence electrons. The molecule has 0 bridgehead atoms. The number of carbonyl (C=O) groups is 1. The summed E-state index contributed by atoms with van der Waals surface area (Å²) in [6.07, 6.45) is 2.22. The zero-order valence-corrected chi connectivity index (χ0v) is 13.9. The summed E-state index contributed by atoms with van der Waals surface area (Å²) in [5.74, 6) is 0.759. The first-order valence-electron chi connectivity index (χ1n) is 6.93. The van der Waals surface area contributed by atoms with Crippen molar-refractivity contribution >= 4 is 33.6 Å². The van der Waals surface area contributed by atoms with E-state index in [0.717, 1.165) is 42.8 Å². The third-order valence-electron chi connectivity index (χ3n) is 3.33. The molecule has 0 unspecified atom stereocenters. The van der Waals surface area contributed by atoms with Crippen molar-refractivity contribution in [3.8, 4) is 0 Å². The van der Waals surface area contributed by atoms with Gasteiger partial charge in [-0.3, -0.25) is 4.79 Å². The quantitative estimate of drug-likeness (QED) is 0.578. The number of hydrogen-bond donors (Lipinski definition) is 0. The van der Waals surface area contributed by atoms with E-state index in [2.05, 4.69) is 15.9 Å². The Labute approximate surface area is 133 Å². The minimum atomic E-state index is 0.234. The van der Waals surface area contributed by atoms with Crippen LogP contribution in [0.1, 0.15) is 12.8 Å². The largest absolute Gasteiger partial charge is 0.377 e. The van der Waals surface area contributed by atoms with Crippen molar-refractivity contribution in [3.05, 3.63) is 30.3 Å². The zero-order chi connectivity index (χ0) is 14.2. The van der Waals surface area contributed by atoms with E-state index in [0.29, 0.717) is 11.9 Å². The summed E-state index contributed by atoms with van der Waals surface area (Å²) in [5.41, 5.74) is 0. The van der Waals surface area contributed by atoms with Crippen LogP contribution in [-0.4, -0.2) is 47.7 Å². The number of benzene rings is 1. The molecule has 20 heavy (non-hydrogen) atoms. The lowest BCUT2D eigenvalue weighted by molar-refractivity contribution is -0.130. The van der Waals surface area contributed by atoms with E-state index in [1.165, 1.54) is 0 Å². The van der Waals surface area contributed by atoms with Crippen LogP contribution in [0.4, 0.5) is 0 Å². The molecule has 1 aromatic rings. The standard InChI is InChI=1S/C15H20BrNO2S/c16-8-11-19-13-6-9-17(10-7-13)15(18)12-20-14-4-2-1-3-5-14/h1-5,13H,6-12H2. The molecule has 5 heteroatoms. The van der Waals surface area contributed by atoms with E-state index < -0.39 is 0 Å². The fourth-order valence-corrected chi connectivity index (χ4v) is 3.25. The van der Waals surface area contributed by atoms with Gasteiger partial charge in [0, 0.05) is 23.3 Å². The number of ether oxygens (including phenoxy) is 1. The van der Waals surface area contributed by atoms with Gasteiger partial charge < -0.3 is 9.64 Å². The Hall–Kier alpha value is -0.520. The Bertz CT molecular complexity index is 408. The Morgan fingerprint density at radius 1 is 1.30 bits per heavy atom. The van der Waals surface area contributed by atoms with Gasteiger partial charge in [0.05, 0.1) is 18.5 Å². The summed E-state index contributed by atoms with van der Waals surface area (Å²) in [6, 6.07) is 10.1. The van der Waals surface area contributed by atoms with Gasteiger partial charge in [0.2, 0.25) is 5.91 Å². The molecule has 0 spiro atoms. The highest BCUT2D eigenvalue weighted by Crippen LogP contribution is 2.19. The van der Waals surface area contributed by atoms with Crippen LogP contribution >= 0.6 is 27.7 Å². The Morgan fingerprint density at radius 2 is 2.00 bits per heavy atom. The fourth-order valence-electron chi connectivity index (χ4n) is 2.24. The van der Waals surface area contributed by atoms with Crippen molar-refractivity contribution in [2.45, 2.75) is 23.8 Å². The van der Waals surface area contributed by atoms with Crippen LogP contribution in [0.2, 0.25) is 0 Å². The molecule has 2 rings (SSSR count). The minimum Gasteiger partial charge on any atom is -0.377 e. The first kappa shape index (κ1) is 15.9. The monoisotopic (exact) mass is 357 g/mol. The van der Waals surface area contributed by atoms with Gasteiger partial charge in [0.1, 0.15) is 0 Å². The second-order valence-electron chi connectivity index (χ2n) is 4.74. The topological polar surface area (TPSA) is 29.5 Å². The Morgan fingerprint density at radius 3 is 2.65 bits per heavy atom. The third-order valence-corrected chi connectivity index (χ3v) is 4.65. The maximum absolute atomic E-state index is 12.1. The number of amides is 1. The molecular weight excluding hydrogens is 338 g/mol. The van der Waals surface area contributed by atoms with E-state index in [1.54, 1.807) is 11.8 Å². The second kappa shape index (κ2) is 8.70. The highest BCUT2D eigenvalue weighted by atomic mass is 79.9. The molecule has 0 N–H and O–H groups in total. The van der Waals surface area contributed by atoms with E-state index in [9.17, 15) is 4.79 Å². The number of nitrogens with zero attached hydrogens (tertiary/aromatic N) is 1. The number of piperidine rings is 1. The van der Waals surface area contributed by atoms with Crippen LogP contribution in [0.15, 0.2) is 35.2 Å². The molecule has 1 saturated heterocycles. The first-order valence-corrected chi connectivity index (χ1v) is 9.03. The number of carbonyl (C=O) groups excluding carboxylic acids is 1. The molecule has 1 aliphatic rings. The molecule has 0 atom stereocenters. The van der Waals surface area contributed by atoms with Crippen molar-refractivity contribution in [2.75, 3.05) is 30.8 Å². The van der Waals surface area contributed by atoms with Crippen LogP contribution in [0.25, 0.3) is 0 Å². The van der Waals surface area contributed by atoms with Gasteiger partial charge in [0.25, 0.3) is 0 Å². The van der Waals surface area contributed by atoms with E-state index in [1.807, 2.05) is 35.2 Å². The molecule has 0 aromatic heterocycles. The van der Waals surface area contributed by atoms with Crippen LogP contribution < -0.4 is 0 Å². The highest BCUT2D eigenvalue weighted by Gasteiger charge is 2.22. The normalized spacial score (nSPS) is 16.4. The lowest BCUT2D eigenvalue weighted by Gasteiger charge is -2.31. The van der Waals surface area contributed by atoms with Crippen molar-refractivity contribution in [3.63, 3.8) is 0 Å². The summed E-state index contributed by atoms with van der Waals surface area (Å²) in [6.45, 7) is 2.39. The van der Waals surface area contributed by atoms with E-state index >= 15 is 0 Å². The number of hydrogen-bond acceptors (Lipinski definition) is 3. The summed E-state index contributed by atoms with van der Waals surface area (Å²) in [7, 11) is 0. The molecule has 0 saturated carbocycles. The smallest absolute Gasteiger partial charge is 0.232 e. The Balaban J connectivity index is 1.69. The second-order valence-corrected chi connectivity index (χ2v) is 6.58. The van der Waals surface area contributed by atoms with E-state index in [4.69, 9.17) is 4.74 Å². The molecule has 3 nitrogen and oxygen atoms in total. The lowest BCUT2D eigenvalue weighted by atomic mass is 10.1. The molecular formula is C15H20BrNO2S. The van der Waals surface area contributed by atoms with Gasteiger partial charge in [-0.1, -0.05) is 34.1 Å². The van der Waals surface area contributed by atoms with Crippen LogP contribution in [0, 0.1) is 0 Å². The summed E-state index contributed by atoms with van der Waals surface area (Å²) >= 11 is 4.97. The molecule has 1 fully saturated rings. The van der Waals surface area contributed by atoms with Gasteiger partial charge in [-0.15, -0.1) is 11.8 Å². The van der Waals surface area contributed by atoms with Gasteiger partial charge in [-0.2, -0.15) is 0 Å². The zero-order valence-electron chi connectivity index (χ0n) is 11.5. The maximum atomic E-state index is 12.1. The summed E-state index contributed by atoms with van der Waals surface area (Å²) in [5, 5.41) is 0.875. The summed E-state index contributed by atoms with van der Waals surface area (Å²) in [4.78, 5) is 15.3. The number of thioether (sulfide) groups is 1. The fraction of sp³-hybridized carbons (Fsp3) is 0.533. The average molecular weight is 358 g/mol. The molecule has 0 radical (unpaired) electrons.